The highest BCUT2D eigenvalue weighted by molar-refractivity contribution is 14.1. The van der Waals surface area contributed by atoms with Crippen LogP contribution in [0.1, 0.15) is 101 Å². The number of hydrogen-bond acceptors (Lipinski definition) is 3. The molecule has 154 valence electrons. The van der Waals surface area contributed by atoms with Gasteiger partial charge in [0.2, 0.25) is 0 Å². The third-order valence-corrected chi connectivity index (χ3v) is 5.55. The molecule has 0 saturated carbocycles. The van der Waals surface area contributed by atoms with Crippen LogP contribution in [-0.2, 0) is 0 Å². The van der Waals surface area contributed by atoms with Gasteiger partial charge in [0.15, 0.2) is 6.29 Å². The summed E-state index contributed by atoms with van der Waals surface area (Å²) in [6.07, 6.45) is 15.7. The molecule has 0 atom stereocenters. The summed E-state index contributed by atoms with van der Waals surface area (Å²) in [6, 6.07) is 3.75. The Kier molecular flexibility index (Phi) is 14.6. The molecule has 0 amide bonds. The van der Waals surface area contributed by atoms with Crippen molar-refractivity contribution in [3.05, 3.63) is 21.3 Å². The molecule has 1 rings (SSSR count). The Morgan fingerprint density at radius 2 is 1.22 bits per heavy atom. The zero-order valence-corrected chi connectivity index (χ0v) is 19.4. The van der Waals surface area contributed by atoms with Crippen LogP contribution in [0.2, 0.25) is 0 Å². The van der Waals surface area contributed by atoms with Crippen molar-refractivity contribution in [1.82, 2.24) is 0 Å². The summed E-state index contributed by atoms with van der Waals surface area (Å²) >= 11 is 2.26. The van der Waals surface area contributed by atoms with Crippen molar-refractivity contribution < 1.29 is 14.3 Å². The number of rotatable bonds is 17. The van der Waals surface area contributed by atoms with Gasteiger partial charge in [-0.15, -0.1) is 0 Å². The second-order valence-corrected chi connectivity index (χ2v) is 8.33. The van der Waals surface area contributed by atoms with Crippen molar-refractivity contribution in [2.45, 2.75) is 90.9 Å². The van der Waals surface area contributed by atoms with E-state index in [2.05, 4.69) is 36.4 Å². The molecule has 1 aromatic rings. The molecule has 0 aliphatic carbocycles. The quantitative estimate of drug-likeness (QED) is 0.129. The highest BCUT2D eigenvalue weighted by Crippen LogP contribution is 2.30. The molecule has 0 N–H and O–H groups in total. The van der Waals surface area contributed by atoms with Gasteiger partial charge in [0.05, 0.1) is 22.3 Å². The average molecular weight is 488 g/mol. The molecule has 0 unspecified atom stereocenters. The van der Waals surface area contributed by atoms with E-state index in [1.807, 2.05) is 12.1 Å². The van der Waals surface area contributed by atoms with E-state index in [0.29, 0.717) is 24.5 Å². The van der Waals surface area contributed by atoms with E-state index >= 15 is 0 Å². The minimum atomic E-state index is 0.583. The van der Waals surface area contributed by atoms with Gasteiger partial charge in [-0.1, -0.05) is 78.1 Å². The van der Waals surface area contributed by atoms with Crippen LogP contribution < -0.4 is 9.47 Å². The van der Waals surface area contributed by atoms with Crippen LogP contribution in [0.3, 0.4) is 0 Å². The first-order chi connectivity index (χ1) is 13.2. The Bertz CT molecular complexity index is 517. The number of carbonyl (C=O) groups excluding carboxylic acids is 1. The van der Waals surface area contributed by atoms with Gasteiger partial charge in [0.25, 0.3) is 0 Å². The Morgan fingerprint density at radius 1 is 0.741 bits per heavy atom. The third-order valence-electron chi connectivity index (χ3n) is 4.70. The van der Waals surface area contributed by atoms with Crippen LogP contribution in [0, 0.1) is 3.57 Å². The van der Waals surface area contributed by atoms with Crippen LogP contribution in [0.5, 0.6) is 11.5 Å². The molecular formula is C23H37IO3. The number of benzene rings is 1. The molecule has 27 heavy (non-hydrogen) atoms. The minimum Gasteiger partial charge on any atom is -0.493 e. The summed E-state index contributed by atoms with van der Waals surface area (Å²) in [5.41, 5.74) is 0.583. The Labute approximate surface area is 179 Å². The second kappa shape index (κ2) is 16.2. The lowest BCUT2D eigenvalue weighted by Gasteiger charge is -2.13. The lowest BCUT2D eigenvalue weighted by atomic mass is 10.1. The van der Waals surface area contributed by atoms with Crippen LogP contribution >= 0.6 is 22.6 Å². The molecule has 0 aromatic heterocycles. The van der Waals surface area contributed by atoms with E-state index in [9.17, 15) is 4.79 Å². The van der Waals surface area contributed by atoms with Gasteiger partial charge in [-0.05, 0) is 47.6 Å². The zero-order valence-electron chi connectivity index (χ0n) is 17.2. The Balaban J connectivity index is 2.37. The minimum absolute atomic E-state index is 0.583. The molecule has 0 heterocycles. The molecule has 0 fully saturated rings. The highest BCUT2D eigenvalue weighted by Gasteiger charge is 2.10. The fourth-order valence-electron chi connectivity index (χ4n) is 3.01. The van der Waals surface area contributed by atoms with E-state index < -0.39 is 0 Å². The number of unbranched alkanes of at least 4 members (excludes halogenated alkanes) is 10. The molecule has 0 aliphatic rings. The van der Waals surface area contributed by atoms with Crippen LogP contribution in [0.4, 0.5) is 0 Å². The van der Waals surface area contributed by atoms with Crippen molar-refractivity contribution in [2.75, 3.05) is 13.2 Å². The van der Waals surface area contributed by atoms with Gasteiger partial charge >= 0.3 is 0 Å². The fourth-order valence-corrected chi connectivity index (χ4v) is 3.60. The molecule has 0 spiro atoms. The Hall–Kier alpha value is -0.780. The van der Waals surface area contributed by atoms with Crippen molar-refractivity contribution in [2.24, 2.45) is 0 Å². The maximum absolute atomic E-state index is 11.4. The number of halogens is 1. The summed E-state index contributed by atoms with van der Waals surface area (Å²) in [7, 11) is 0. The smallest absolute Gasteiger partial charge is 0.153 e. The zero-order chi connectivity index (χ0) is 19.7. The first-order valence-corrected chi connectivity index (χ1v) is 11.8. The summed E-state index contributed by atoms with van der Waals surface area (Å²) in [6.45, 7) is 5.84. The second-order valence-electron chi connectivity index (χ2n) is 7.17. The van der Waals surface area contributed by atoms with Crippen molar-refractivity contribution in [3.8, 4) is 11.5 Å². The van der Waals surface area contributed by atoms with E-state index in [1.54, 1.807) is 0 Å². The van der Waals surface area contributed by atoms with Gasteiger partial charge in [-0.2, -0.15) is 0 Å². The Morgan fingerprint density at radius 3 is 1.74 bits per heavy atom. The van der Waals surface area contributed by atoms with Gasteiger partial charge in [-0.25, -0.2) is 0 Å². The lowest BCUT2D eigenvalue weighted by Crippen LogP contribution is -2.03. The normalized spacial score (nSPS) is 10.8. The van der Waals surface area contributed by atoms with Crippen molar-refractivity contribution in [3.63, 3.8) is 0 Å². The van der Waals surface area contributed by atoms with Gasteiger partial charge < -0.3 is 9.47 Å². The molecule has 0 bridgehead atoms. The maximum atomic E-state index is 11.4. The topological polar surface area (TPSA) is 35.5 Å². The first kappa shape index (κ1) is 24.3. The molecule has 0 aliphatic heterocycles. The van der Waals surface area contributed by atoms with Crippen molar-refractivity contribution in [1.29, 1.82) is 0 Å². The molecule has 4 heteroatoms. The standard InChI is InChI=1S/C23H37IO3/c1-3-5-7-9-11-13-15-26-22-18-21(24)23(17-20(22)19-25)27-16-14-12-10-8-6-4-2/h17-19H,3-16H2,1-2H3. The molecule has 0 radical (unpaired) electrons. The fraction of sp³-hybridized carbons (Fsp3) is 0.696. The van der Waals surface area contributed by atoms with E-state index in [0.717, 1.165) is 28.4 Å². The molecule has 1 aromatic carbocycles. The third kappa shape index (κ3) is 11.0. The summed E-state index contributed by atoms with van der Waals surface area (Å²) in [5, 5.41) is 0. The van der Waals surface area contributed by atoms with E-state index in [-0.39, 0.29) is 0 Å². The number of ether oxygens (including phenoxy) is 2. The number of aldehydes is 1. The maximum Gasteiger partial charge on any atom is 0.153 e. The predicted octanol–water partition coefficient (Wildman–Crippen LogP) is 7.58. The molecule has 0 saturated heterocycles. The monoisotopic (exact) mass is 488 g/mol. The number of hydrogen-bond donors (Lipinski definition) is 0. The summed E-state index contributed by atoms with van der Waals surface area (Å²) < 4.78 is 12.8. The van der Waals surface area contributed by atoms with Gasteiger partial charge in [-0.3, -0.25) is 4.79 Å². The molecule has 3 nitrogen and oxygen atoms in total. The number of carbonyl (C=O) groups is 1. The first-order valence-electron chi connectivity index (χ1n) is 10.8. The van der Waals surface area contributed by atoms with Gasteiger partial charge in [0, 0.05) is 0 Å². The summed E-state index contributed by atoms with van der Waals surface area (Å²) in [5.74, 6) is 1.47. The van der Waals surface area contributed by atoms with Crippen molar-refractivity contribution >= 4 is 28.9 Å². The largest absolute Gasteiger partial charge is 0.493 e. The van der Waals surface area contributed by atoms with E-state index in [4.69, 9.17) is 9.47 Å². The van der Waals surface area contributed by atoms with Crippen LogP contribution in [-0.4, -0.2) is 19.5 Å². The van der Waals surface area contributed by atoms with Crippen LogP contribution in [0.15, 0.2) is 12.1 Å². The summed E-state index contributed by atoms with van der Waals surface area (Å²) in [4.78, 5) is 11.4. The van der Waals surface area contributed by atoms with Gasteiger partial charge in [0.1, 0.15) is 11.5 Å². The SMILES string of the molecule is CCCCCCCCOc1cc(C=O)c(OCCCCCCCC)cc1I. The van der Waals surface area contributed by atoms with Crippen LogP contribution in [0.25, 0.3) is 0 Å². The molecular weight excluding hydrogens is 451 g/mol. The van der Waals surface area contributed by atoms with E-state index in [1.165, 1.54) is 64.2 Å². The average Bonchev–Trinajstić information content (AvgIpc) is 2.67. The lowest BCUT2D eigenvalue weighted by molar-refractivity contribution is 0.111. The highest BCUT2D eigenvalue weighted by atomic mass is 127. The predicted molar refractivity (Wildman–Crippen MR) is 122 cm³/mol.